The molecule has 6 heteroatoms. The fourth-order valence-corrected chi connectivity index (χ4v) is 0.927. The Labute approximate surface area is 75.6 Å². The Morgan fingerprint density at radius 2 is 2.31 bits per heavy atom. The molecule has 1 aromatic heterocycles. The summed E-state index contributed by atoms with van der Waals surface area (Å²) in [6, 6.07) is 0. The van der Waals surface area contributed by atoms with Gasteiger partial charge < -0.3 is 5.11 Å². The van der Waals surface area contributed by atoms with E-state index in [1.807, 2.05) is 0 Å². The zero-order valence-corrected chi connectivity index (χ0v) is 7.47. The van der Waals surface area contributed by atoms with Crippen molar-refractivity contribution in [2.45, 2.75) is 32.7 Å². The van der Waals surface area contributed by atoms with Crippen molar-refractivity contribution in [3.8, 4) is 0 Å². The van der Waals surface area contributed by atoms with Crippen molar-refractivity contribution in [1.29, 1.82) is 0 Å². The van der Waals surface area contributed by atoms with Gasteiger partial charge in [0.2, 0.25) is 0 Å². The molecule has 0 aliphatic heterocycles. The normalized spacial score (nSPS) is 10.2. The number of unbranched alkanes of at least 4 members (excludes halogenated alkanes) is 2. The molecular weight excluding hydrogens is 172 g/mol. The minimum Gasteiger partial charge on any atom is -0.475 e. The lowest BCUT2D eigenvalue weighted by Crippen LogP contribution is -2.04. The largest absolute Gasteiger partial charge is 0.475 e. The van der Waals surface area contributed by atoms with E-state index in [9.17, 15) is 4.79 Å². The number of nitrogens with zero attached hydrogens (tertiary/aromatic N) is 4. The van der Waals surface area contributed by atoms with Crippen molar-refractivity contribution in [3.05, 3.63) is 5.82 Å². The fourth-order valence-electron chi connectivity index (χ4n) is 0.927. The first-order chi connectivity index (χ1) is 6.24. The molecular formula is C7H12N4O2. The van der Waals surface area contributed by atoms with E-state index in [0.29, 0.717) is 6.54 Å². The molecule has 1 heterocycles. The van der Waals surface area contributed by atoms with E-state index < -0.39 is 5.97 Å². The summed E-state index contributed by atoms with van der Waals surface area (Å²) in [5, 5.41) is 19.1. The number of carboxylic acids is 1. The highest BCUT2D eigenvalue weighted by Gasteiger charge is 2.09. The van der Waals surface area contributed by atoms with E-state index >= 15 is 0 Å². The summed E-state index contributed by atoms with van der Waals surface area (Å²) < 4.78 is 0. The minimum atomic E-state index is -1.14. The SMILES string of the molecule is CCCCCn1nnc(C(=O)O)n1. The van der Waals surface area contributed by atoms with Gasteiger partial charge in [0, 0.05) is 0 Å². The van der Waals surface area contributed by atoms with Gasteiger partial charge in [0.25, 0.3) is 5.82 Å². The Morgan fingerprint density at radius 1 is 1.54 bits per heavy atom. The van der Waals surface area contributed by atoms with Crippen molar-refractivity contribution in [1.82, 2.24) is 20.2 Å². The molecule has 0 unspecified atom stereocenters. The Bertz CT molecular complexity index is 284. The van der Waals surface area contributed by atoms with E-state index in [1.165, 1.54) is 4.80 Å². The molecule has 0 radical (unpaired) electrons. The summed E-state index contributed by atoms with van der Waals surface area (Å²) in [7, 11) is 0. The molecule has 0 atom stereocenters. The number of aryl methyl sites for hydroxylation is 1. The summed E-state index contributed by atoms with van der Waals surface area (Å²) in [5.74, 6) is -1.38. The molecule has 0 bridgehead atoms. The van der Waals surface area contributed by atoms with Crippen molar-refractivity contribution in [2.24, 2.45) is 0 Å². The first-order valence-electron chi connectivity index (χ1n) is 4.25. The van der Waals surface area contributed by atoms with Gasteiger partial charge in [-0.05, 0) is 11.6 Å². The molecule has 13 heavy (non-hydrogen) atoms. The van der Waals surface area contributed by atoms with Gasteiger partial charge >= 0.3 is 5.97 Å². The molecule has 0 amide bonds. The maximum absolute atomic E-state index is 10.4. The van der Waals surface area contributed by atoms with Crippen LogP contribution in [0.25, 0.3) is 0 Å². The van der Waals surface area contributed by atoms with Gasteiger partial charge in [0.05, 0.1) is 6.54 Å². The van der Waals surface area contributed by atoms with Crippen LogP contribution in [0.15, 0.2) is 0 Å². The third-order valence-electron chi connectivity index (χ3n) is 1.61. The third kappa shape index (κ3) is 2.81. The average Bonchev–Trinajstić information content (AvgIpc) is 2.53. The predicted molar refractivity (Wildman–Crippen MR) is 44.3 cm³/mol. The molecule has 6 nitrogen and oxygen atoms in total. The minimum absolute atomic E-state index is 0.239. The van der Waals surface area contributed by atoms with Crippen molar-refractivity contribution < 1.29 is 9.90 Å². The molecule has 0 saturated heterocycles. The first kappa shape index (κ1) is 9.63. The molecule has 0 aromatic carbocycles. The lowest BCUT2D eigenvalue weighted by Gasteiger charge is -1.95. The van der Waals surface area contributed by atoms with Crippen LogP contribution in [-0.4, -0.2) is 31.3 Å². The second-order valence-corrected chi connectivity index (χ2v) is 2.72. The Kier molecular flexibility index (Phi) is 3.36. The maximum atomic E-state index is 10.4. The number of rotatable bonds is 5. The lowest BCUT2D eigenvalue weighted by atomic mass is 10.2. The molecule has 0 aliphatic rings. The number of hydrogen-bond acceptors (Lipinski definition) is 4. The van der Waals surface area contributed by atoms with Crippen LogP contribution in [0.5, 0.6) is 0 Å². The average molecular weight is 184 g/mol. The van der Waals surface area contributed by atoms with Crippen molar-refractivity contribution in [2.75, 3.05) is 0 Å². The van der Waals surface area contributed by atoms with Crippen LogP contribution in [-0.2, 0) is 6.54 Å². The predicted octanol–water partition coefficient (Wildman–Crippen LogP) is 0.562. The van der Waals surface area contributed by atoms with Crippen LogP contribution in [0.2, 0.25) is 0 Å². The van der Waals surface area contributed by atoms with Gasteiger partial charge in [-0.15, -0.1) is 10.2 Å². The molecule has 0 fully saturated rings. The van der Waals surface area contributed by atoms with Gasteiger partial charge in [0.1, 0.15) is 0 Å². The third-order valence-corrected chi connectivity index (χ3v) is 1.61. The highest BCUT2D eigenvalue weighted by molar-refractivity contribution is 5.82. The first-order valence-corrected chi connectivity index (χ1v) is 4.25. The summed E-state index contributed by atoms with van der Waals surface area (Å²) in [6.45, 7) is 2.73. The van der Waals surface area contributed by atoms with Gasteiger partial charge in [0.15, 0.2) is 0 Å². The highest BCUT2D eigenvalue weighted by Crippen LogP contribution is 1.96. The number of carboxylic acid groups (broad SMARTS) is 1. The number of hydrogen-bond donors (Lipinski definition) is 1. The number of tetrazole rings is 1. The highest BCUT2D eigenvalue weighted by atomic mass is 16.4. The van der Waals surface area contributed by atoms with Gasteiger partial charge in [-0.1, -0.05) is 19.8 Å². The monoisotopic (exact) mass is 184 g/mol. The van der Waals surface area contributed by atoms with E-state index in [-0.39, 0.29) is 5.82 Å². The summed E-state index contributed by atoms with van der Waals surface area (Å²) in [4.78, 5) is 11.7. The Hall–Kier alpha value is -1.46. The molecule has 1 rings (SSSR count). The van der Waals surface area contributed by atoms with Crippen molar-refractivity contribution >= 4 is 5.97 Å². The molecule has 1 N–H and O–H groups in total. The maximum Gasteiger partial charge on any atom is 0.377 e. The number of aromatic nitrogens is 4. The summed E-state index contributed by atoms with van der Waals surface area (Å²) >= 11 is 0. The second-order valence-electron chi connectivity index (χ2n) is 2.72. The van der Waals surface area contributed by atoms with Crippen LogP contribution >= 0.6 is 0 Å². The summed E-state index contributed by atoms with van der Waals surface area (Å²) in [5.41, 5.74) is 0. The zero-order valence-electron chi connectivity index (χ0n) is 7.47. The number of carbonyl (C=O) groups is 1. The van der Waals surface area contributed by atoms with Crippen LogP contribution in [0, 0.1) is 0 Å². The molecule has 0 spiro atoms. The molecule has 1 aromatic rings. The van der Waals surface area contributed by atoms with E-state index in [4.69, 9.17) is 5.11 Å². The lowest BCUT2D eigenvalue weighted by molar-refractivity contribution is 0.0683. The smallest absolute Gasteiger partial charge is 0.377 e. The Balaban J connectivity index is 2.44. The standard InChI is InChI=1S/C7H12N4O2/c1-2-3-4-5-11-9-6(7(12)13)8-10-11/h2-5H2,1H3,(H,12,13). The number of aromatic carboxylic acids is 1. The van der Waals surface area contributed by atoms with Gasteiger partial charge in [-0.25, -0.2) is 4.79 Å². The van der Waals surface area contributed by atoms with Gasteiger partial charge in [-0.2, -0.15) is 4.80 Å². The Morgan fingerprint density at radius 3 is 2.85 bits per heavy atom. The second kappa shape index (κ2) is 4.54. The summed E-state index contributed by atoms with van der Waals surface area (Å²) in [6.07, 6.45) is 3.15. The van der Waals surface area contributed by atoms with E-state index in [2.05, 4.69) is 22.3 Å². The molecule has 0 saturated carbocycles. The van der Waals surface area contributed by atoms with Crippen LogP contribution in [0.1, 0.15) is 36.8 Å². The van der Waals surface area contributed by atoms with E-state index in [0.717, 1.165) is 19.3 Å². The quantitative estimate of drug-likeness (QED) is 0.676. The van der Waals surface area contributed by atoms with Crippen LogP contribution in [0.4, 0.5) is 0 Å². The molecule has 0 aliphatic carbocycles. The van der Waals surface area contributed by atoms with E-state index in [1.54, 1.807) is 0 Å². The fraction of sp³-hybridized carbons (Fsp3) is 0.714. The molecule has 72 valence electrons. The van der Waals surface area contributed by atoms with Crippen LogP contribution in [0.3, 0.4) is 0 Å². The zero-order chi connectivity index (χ0) is 9.68. The van der Waals surface area contributed by atoms with Crippen molar-refractivity contribution in [3.63, 3.8) is 0 Å². The van der Waals surface area contributed by atoms with Gasteiger partial charge in [-0.3, -0.25) is 0 Å². The topological polar surface area (TPSA) is 80.9 Å². The van der Waals surface area contributed by atoms with Crippen LogP contribution < -0.4 is 0 Å².